The van der Waals surface area contributed by atoms with Gasteiger partial charge in [-0.3, -0.25) is 0 Å². The Balaban J connectivity index is 1.83. The summed E-state index contributed by atoms with van der Waals surface area (Å²) >= 11 is 0. The van der Waals surface area contributed by atoms with Crippen LogP contribution in [0.15, 0.2) is 12.2 Å². The SMILES string of the molecule is C=C(C)C(=O)OC1(C)CC2CCCC3CCCC1C32. The molecule has 2 nitrogen and oxygen atoms in total. The van der Waals surface area contributed by atoms with E-state index in [0.29, 0.717) is 11.5 Å². The summed E-state index contributed by atoms with van der Waals surface area (Å²) in [5.74, 6) is 2.93. The van der Waals surface area contributed by atoms with Gasteiger partial charge in [-0.2, -0.15) is 0 Å². The second-order valence-corrected chi connectivity index (χ2v) is 7.25. The fraction of sp³-hybridized carbons (Fsp3) is 0.824. The molecule has 0 radical (unpaired) electrons. The van der Waals surface area contributed by atoms with Gasteiger partial charge in [0.15, 0.2) is 0 Å². The lowest BCUT2D eigenvalue weighted by Gasteiger charge is -2.43. The third-order valence-corrected chi connectivity index (χ3v) is 5.92. The number of carbonyl (C=O) groups excluding carboxylic acids is 1. The van der Waals surface area contributed by atoms with E-state index in [2.05, 4.69) is 13.5 Å². The number of ether oxygens (including phenoxy) is 1. The largest absolute Gasteiger partial charge is 0.456 e. The van der Waals surface area contributed by atoms with Gasteiger partial charge in [0, 0.05) is 11.5 Å². The van der Waals surface area contributed by atoms with Crippen LogP contribution in [0.1, 0.15) is 58.8 Å². The van der Waals surface area contributed by atoms with Gasteiger partial charge in [0.05, 0.1) is 0 Å². The summed E-state index contributed by atoms with van der Waals surface area (Å²) in [6.07, 6.45) is 9.18. The fourth-order valence-electron chi connectivity index (χ4n) is 5.24. The molecule has 3 aliphatic rings. The molecular weight excluding hydrogens is 236 g/mol. The molecule has 3 aliphatic carbocycles. The molecule has 3 saturated carbocycles. The maximum absolute atomic E-state index is 11.9. The maximum Gasteiger partial charge on any atom is 0.333 e. The van der Waals surface area contributed by atoms with Gasteiger partial charge < -0.3 is 4.74 Å². The van der Waals surface area contributed by atoms with E-state index in [-0.39, 0.29) is 11.6 Å². The van der Waals surface area contributed by atoms with E-state index in [4.69, 9.17) is 4.74 Å². The second-order valence-electron chi connectivity index (χ2n) is 7.25. The maximum atomic E-state index is 11.9. The van der Waals surface area contributed by atoms with Crippen LogP contribution >= 0.6 is 0 Å². The second kappa shape index (κ2) is 4.64. The topological polar surface area (TPSA) is 26.3 Å². The summed E-state index contributed by atoms with van der Waals surface area (Å²) in [7, 11) is 0. The Morgan fingerprint density at radius 1 is 1.16 bits per heavy atom. The minimum atomic E-state index is -0.228. The van der Waals surface area contributed by atoms with Gasteiger partial charge in [-0.05, 0) is 44.4 Å². The molecule has 0 spiro atoms. The third-order valence-electron chi connectivity index (χ3n) is 5.92. The van der Waals surface area contributed by atoms with Gasteiger partial charge >= 0.3 is 5.97 Å². The first-order chi connectivity index (χ1) is 9.01. The van der Waals surface area contributed by atoms with E-state index in [9.17, 15) is 4.79 Å². The quantitative estimate of drug-likeness (QED) is 0.553. The van der Waals surface area contributed by atoms with Crippen molar-refractivity contribution in [2.24, 2.45) is 23.7 Å². The zero-order valence-electron chi connectivity index (χ0n) is 12.3. The van der Waals surface area contributed by atoms with Gasteiger partial charge in [0.25, 0.3) is 0 Å². The minimum Gasteiger partial charge on any atom is -0.456 e. The molecule has 0 aromatic carbocycles. The molecule has 3 rings (SSSR count). The molecule has 0 N–H and O–H groups in total. The predicted molar refractivity (Wildman–Crippen MR) is 75.6 cm³/mol. The highest BCUT2D eigenvalue weighted by Crippen LogP contribution is 2.59. The highest BCUT2D eigenvalue weighted by Gasteiger charge is 2.56. The molecule has 2 heteroatoms. The van der Waals surface area contributed by atoms with Crippen LogP contribution in [0, 0.1) is 23.7 Å². The number of hydrogen-bond donors (Lipinski definition) is 0. The highest BCUT2D eigenvalue weighted by atomic mass is 16.6. The first kappa shape index (κ1) is 13.2. The average Bonchev–Trinajstić information content (AvgIpc) is 2.65. The standard InChI is InChI=1S/C17H26O2/c1-11(2)16(18)19-17(3)10-13-8-4-6-12-7-5-9-14(17)15(12)13/h12-15H,1,4-10H2,2-3H3. The lowest BCUT2D eigenvalue weighted by atomic mass is 9.64. The van der Waals surface area contributed by atoms with Crippen LogP contribution in [-0.4, -0.2) is 11.6 Å². The molecule has 5 atom stereocenters. The fourth-order valence-corrected chi connectivity index (χ4v) is 5.24. The van der Waals surface area contributed by atoms with Gasteiger partial charge in [-0.1, -0.05) is 38.7 Å². The van der Waals surface area contributed by atoms with Crippen molar-refractivity contribution in [3.63, 3.8) is 0 Å². The zero-order valence-corrected chi connectivity index (χ0v) is 12.3. The summed E-state index contributed by atoms with van der Waals surface area (Å²) < 4.78 is 5.90. The van der Waals surface area contributed by atoms with E-state index in [0.717, 1.165) is 24.2 Å². The van der Waals surface area contributed by atoms with Crippen LogP contribution < -0.4 is 0 Å². The van der Waals surface area contributed by atoms with Crippen molar-refractivity contribution >= 4 is 5.97 Å². The Morgan fingerprint density at radius 2 is 1.79 bits per heavy atom. The van der Waals surface area contributed by atoms with E-state index in [1.54, 1.807) is 6.92 Å². The number of rotatable bonds is 2. The summed E-state index contributed by atoms with van der Waals surface area (Å²) in [5, 5.41) is 0. The molecule has 3 fully saturated rings. The van der Waals surface area contributed by atoms with E-state index in [1.165, 1.54) is 38.5 Å². The molecule has 0 heterocycles. The van der Waals surface area contributed by atoms with Crippen LogP contribution in [0.2, 0.25) is 0 Å². The van der Waals surface area contributed by atoms with E-state index >= 15 is 0 Å². The number of esters is 1. The summed E-state index contributed by atoms with van der Waals surface area (Å²) in [6.45, 7) is 7.65. The molecule has 0 aromatic rings. The van der Waals surface area contributed by atoms with Crippen molar-refractivity contribution in [2.45, 2.75) is 64.4 Å². The molecule has 0 aliphatic heterocycles. The molecule has 0 amide bonds. The lowest BCUT2D eigenvalue weighted by Crippen LogP contribution is -2.41. The summed E-state index contributed by atoms with van der Waals surface area (Å²) in [4.78, 5) is 11.9. The van der Waals surface area contributed by atoms with Crippen LogP contribution in [0.4, 0.5) is 0 Å². The van der Waals surface area contributed by atoms with Crippen LogP contribution in [-0.2, 0) is 9.53 Å². The van der Waals surface area contributed by atoms with E-state index < -0.39 is 0 Å². The third kappa shape index (κ3) is 2.13. The summed E-state index contributed by atoms with van der Waals surface area (Å²) in [5.41, 5.74) is 0.303. The Kier molecular flexibility index (Phi) is 3.23. The predicted octanol–water partition coefficient (Wildman–Crippen LogP) is 4.10. The number of carbonyl (C=O) groups is 1. The van der Waals surface area contributed by atoms with Crippen molar-refractivity contribution in [2.75, 3.05) is 0 Å². The number of hydrogen-bond acceptors (Lipinski definition) is 2. The lowest BCUT2D eigenvalue weighted by molar-refractivity contribution is -0.159. The molecule has 19 heavy (non-hydrogen) atoms. The van der Waals surface area contributed by atoms with Crippen LogP contribution in [0.25, 0.3) is 0 Å². The molecule has 0 aromatic heterocycles. The first-order valence-electron chi connectivity index (χ1n) is 7.90. The van der Waals surface area contributed by atoms with Crippen LogP contribution in [0.3, 0.4) is 0 Å². The molecule has 5 unspecified atom stereocenters. The molecule has 0 bridgehead atoms. The highest BCUT2D eigenvalue weighted by molar-refractivity contribution is 5.87. The summed E-state index contributed by atoms with van der Waals surface area (Å²) in [6, 6.07) is 0. The van der Waals surface area contributed by atoms with E-state index in [1.807, 2.05) is 0 Å². The molecular formula is C17H26O2. The normalized spacial score (nSPS) is 44.5. The zero-order chi connectivity index (χ0) is 13.6. The Morgan fingerprint density at radius 3 is 2.47 bits per heavy atom. The van der Waals surface area contributed by atoms with Crippen molar-refractivity contribution in [1.82, 2.24) is 0 Å². The molecule has 0 saturated heterocycles. The monoisotopic (exact) mass is 262 g/mol. The average molecular weight is 262 g/mol. The van der Waals surface area contributed by atoms with Crippen molar-refractivity contribution < 1.29 is 9.53 Å². The van der Waals surface area contributed by atoms with Gasteiger partial charge in [0.1, 0.15) is 5.60 Å². The van der Waals surface area contributed by atoms with Crippen LogP contribution in [0.5, 0.6) is 0 Å². The van der Waals surface area contributed by atoms with Gasteiger partial charge in [0.2, 0.25) is 0 Å². The van der Waals surface area contributed by atoms with Crippen molar-refractivity contribution in [3.05, 3.63) is 12.2 Å². The molecule has 106 valence electrons. The Labute approximate surface area is 116 Å². The van der Waals surface area contributed by atoms with Gasteiger partial charge in [-0.15, -0.1) is 0 Å². The van der Waals surface area contributed by atoms with Crippen molar-refractivity contribution in [3.8, 4) is 0 Å². The first-order valence-corrected chi connectivity index (χ1v) is 7.90. The smallest absolute Gasteiger partial charge is 0.333 e. The Hall–Kier alpha value is -0.790. The minimum absolute atomic E-state index is 0.191. The van der Waals surface area contributed by atoms with Crippen molar-refractivity contribution in [1.29, 1.82) is 0 Å². The van der Waals surface area contributed by atoms with Gasteiger partial charge in [-0.25, -0.2) is 4.79 Å². The Bertz CT molecular complexity index is 398.